The van der Waals surface area contributed by atoms with Crippen molar-refractivity contribution in [2.45, 2.75) is 46.0 Å². The van der Waals surface area contributed by atoms with Crippen LogP contribution >= 0.6 is 0 Å². The van der Waals surface area contributed by atoms with E-state index in [4.69, 9.17) is 0 Å². The van der Waals surface area contributed by atoms with E-state index in [9.17, 15) is 4.79 Å². The monoisotopic (exact) mass is 290 g/mol. The van der Waals surface area contributed by atoms with Gasteiger partial charge in [-0.2, -0.15) is 0 Å². The summed E-state index contributed by atoms with van der Waals surface area (Å²) >= 11 is 0. The molecule has 1 aliphatic rings. The van der Waals surface area contributed by atoms with Crippen LogP contribution in [0, 0.1) is 5.92 Å². The molecule has 5 heteroatoms. The smallest absolute Gasteiger partial charge is 0.254 e. The lowest BCUT2D eigenvalue weighted by Gasteiger charge is -2.19. The van der Waals surface area contributed by atoms with Gasteiger partial charge in [-0.1, -0.05) is 26.7 Å². The van der Waals surface area contributed by atoms with Crippen molar-refractivity contribution in [3.05, 3.63) is 18.0 Å². The van der Waals surface area contributed by atoms with Gasteiger partial charge in [0.25, 0.3) is 5.91 Å². The van der Waals surface area contributed by atoms with E-state index in [1.165, 1.54) is 25.7 Å². The van der Waals surface area contributed by atoms with Crippen LogP contribution in [0.15, 0.2) is 12.4 Å². The number of carbonyl (C=O) groups is 1. The van der Waals surface area contributed by atoms with Crippen molar-refractivity contribution >= 4 is 11.9 Å². The number of anilines is 1. The van der Waals surface area contributed by atoms with Crippen molar-refractivity contribution in [2.75, 3.05) is 24.5 Å². The Bertz CT molecular complexity index is 436. The molecular weight excluding hydrogens is 264 g/mol. The number of hydrogen-bond acceptors (Lipinski definition) is 4. The number of rotatable bonds is 5. The van der Waals surface area contributed by atoms with E-state index >= 15 is 0 Å². The molecule has 1 amide bonds. The first-order chi connectivity index (χ1) is 10.2. The summed E-state index contributed by atoms with van der Waals surface area (Å²) < 4.78 is 0. The molecule has 1 aromatic rings. The van der Waals surface area contributed by atoms with Gasteiger partial charge in [0.15, 0.2) is 0 Å². The molecule has 1 N–H and O–H groups in total. The predicted molar refractivity (Wildman–Crippen MR) is 84.5 cm³/mol. The van der Waals surface area contributed by atoms with E-state index in [-0.39, 0.29) is 5.91 Å². The highest BCUT2D eigenvalue weighted by atomic mass is 16.1. The summed E-state index contributed by atoms with van der Waals surface area (Å²) in [5.41, 5.74) is 0.539. The van der Waals surface area contributed by atoms with Crippen molar-refractivity contribution in [1.29, 1.82) is 0 Å². The Kier molecular flexibility index (Phi) is 5.96. The highest BCUT2D eigenvalue weighted by Gasteiger charge is 2.13. The molecule has 1 aliphatic heterocycles. The Labute approximate surface area is 127 Å². The lowest BCUT2D eigenvalue weighted by atomic mass is 10.1. The molecule has 0 radical (unpaired) electrons. The normalized spacial score (nSPS) is 15.9. The highest BCUT2D eigenvalue weighted by molar-refractivity contribution is 5.93. The molecule has 0 unspecified atom stereocenters. The molecule has 116 valence electrons. The second kappa shape index (κ2) is 7.96. The number of nitrogens with zero attached hydrogens (tertiary/aromatic N) is 3. The fourth-order valence-corrected chi connectivity index (χ4v) is 2.45. The third kappa shape index (κ3) is 4.99. The van der Waals surface area contributed by atoms with Crippen LogP contribution in [0.2, 0.25) is 0 Å². The summed E-state index contributed by atoms with van der Waals surface area (Å²) in [6, 6.07) is 0. The standard InChI is InChI=1S/C16H26N4O/c1-13(2)7-8-17-15(21)14-11-18-16(19-12-14)20-9-5-3-4-6-10-20/h11-13H,3-10H2,1-2H3,(H,17,21). The number of hydrogen-bond donors (Lipinski definition) is 1. The Morgan fingerprint density at radius 1 is 1.19 bits per heavy atom. The molecule has 0 saturated carbocycles. The third-order valence-corrected chi connectivity index (χ3v) is 3.80. The summed E-state index contributed by atoms with van der Waals surface area (Å²) in [6.45, 7) is 7.01. The average molecular weight is 290 g/mol. The number of aromatic nitrogens is 2. The molecule has 1 saturated heterocycles. The minimum atomic E-state index is -0.0851. The molecule has 0 bridgehead atoms. The van der Waals surface area contributed by atoms with E-state index in [0.717, 1.165) is 25.5 Å². The van der Waals surface area contributed by atoms with Gasteiger partial charge in [0, 0.05) is 32.0 Å². The van der Waals surface area contributed by atoms with E-state index < -0.39 is 0 Å². The molecule has 0 aromatic carbocycles. The van der Waals surface area contributed by atoms with Crippen LogP contribution in [0.4, 0.5) is 5.95 Å². The van der Waals surface area contributed by atoms with Gasteiger partial charge in [-0.15, -0.1) is 0 Å². The Morgan fingerprint density at radius 3 is 2.38 bits per heavy atom. The van der Waals surface area contributed by atoms with E-state index in [2.05, 4.69) is 34.0 Å². The molecule has 21 heavy (non-hydrogen) atoms. The first kappa shape index (κ1) is 15.7. The minimum absolute atomic E-state index is 0.0851. The first-order valence-electron chi connectivity index (χ1n) is 8.02. The van der Waals surface area contributed by atoms with Crippen LogP contribution in [0.25, 0.3) is 0 Å². The fourth-order valence-electron chi connectivity index (χ4n) is 2.45. The van der Waals surface area contributed by atoms with Gasteiger partial charge >= 0.3 is 0 Å². The van der Waals surface area contributed by atoms with Gasteiger partial charge in [-0.05, 0) is 25.2 Å². The van der Waals surface area contributed by atoms with Gasteiger partial charge in [0.2, 0.25) is 5.95 Å². The molecule has 0 aliphatic carbocycles. The van der Waals surface area contributed by atoms with Crippen molar-refractivity contribution in [3.63, 3.8) is 0 Å². The predicted octanol–water partition coefficient (Wildman–Crippen LogP) is 2.63. The summed E-state index contributed by atoms with van der Waals surface area (Å²) in [5.74, 6) is 1.25. The molecule has 0 spiro atoms. The van der Waals surface area contributed by atoms with Gasteiger partial charge in [0.1, 0.15) is 0 Å². The molecule has 1 fully saturated rings. The van der Waals surface area contributed by atoms with E-state index in [0.29, 0.717) is 18.0 Å². The second-order valence-electron chi connectivity index (χ2n) is 6.11. The largest absolute Gasteiger partial charge is 0.352 e. The van der Waals surface area contributed by atoms with Crippen molar-refractivity contribution in [3.8, 4) is 0 Å². The topological polar surface area (TPSA) is 58.1 Å². The lowest BCUT2D eigenvalue weighted by Crippen LogP contribution is -2.28. The Hall–Kier alpha value is -1.65. The quantitative estimate of drug-likeness (QED) is 0.905. The average Bonchev–Trinajstić information content (AvgIpc) is 2.76. The molecule has 0 atom stereocenters. The highest BCUT2D eigenvalue weighted by Crippen LogP contribution is 2.15. The second-order valence-corrected chi connectivity index (χ2v) is 6.11. The van der Waals surface area contributed by atoms with Crippen LogP contribution in [0.1, 0.15) is 56.3 Å². The molecule has 2 heterocycles. The maximum Gasteiger partial charge on any atom is 0.254 e. The fraction of sp³-hybridized carbons (Fsp3) is 0.688. The zero-order valence-electron chi connectivity index (χ0n) is 13.1. The molecular formula is C16H26N4O. The van der Waals surface area contributed by atoms with Crippen LogP contribution in [0.5, 0.6) is 0 Å². The summed E-state index contributed by atoms with van der Waals surface area (Å²) in [6.07, 6.45) is 9.22. The van der Waals surface area contributed by atoms with Gasteiger partial charge < -0.3 is 10.2 Å². The lowest BCUT2D eigenvalue weighted by molar-refractivity contribution is 0.0951. The maximum absolute atomic E-state index is 12.0. The summed E-state index contributed by atoms with van der Waals surface area (Å²) in [4.78, 5) is 22.9. The Balaban J connectivity index is 1.90. The van der Waals surface area contributed by atoms with Crippen LogP contribution in [0.3, 0.4) is 0 Å². The van der Waals surface area contributed by atoms with E-state index in [1.807, 2.05) is 0 Å². The first-order valence-corrected chi connectivity index (χ1v) is 8.02. The van der Waals surface area contributed by atoms with Crippen molar-refractivity contribution in [2.24, 2.45) is 5.92 Å². The van der Waals surface area contributed by atoms with Crippen LogP contribution < -0.4 is 10.2 Å². The van der Waals surface area contributed by atoms with Crippen molar-refractivity contribution in [1.82, 2.24) is 15.3 Å². The number of nitrogens with one attached hydrogen (secondary N) is 1. The SMILES string of the molecule is CC(C)CCNC(=O)c1cnc(N2CCCCCC2)nc1. The van der Waals surface area contributed by atoms with Gasteiger partial charge in [-0.25, -0.2) is 9.97 Å². The Morgan fingerprint density at radius 2 is 1.81 bits per heavy atom. The molecule has 5 nitrogen and oxygen atoms in total. The number of amides is 1. The van der Waals surface area contributed by atoms with Crippen LogP contribution in [-0.4, -0.2) is 35.5 Å². The summed E-state index contributed by atoms with van der Waals surface area (Å²) in [5, 5.41) is 2.91. The van der Waals surface area contributed by atoms with Crippen molar-refractivity contribution < 1.29 is 4.79 Å². The van der Waals surface area contributed by atoms with Gasteiger partial charge in [0.05, 0.1) is 5.56 Å². The maximum atomic E-state index is 12.0. The zero-order chi connectivity index (χ0) is 15.1. The number of carbonyl (C=O) groups excluding carboxylic acids is 1. The third-order valence-electron chi connectivity index (χ3n) is 3.80. The summed E-state index contributed by atoms with van der Waals surface area (Å²) in [7, 11) is 0. The minimum Gasteiger partial charge on any atom is -0.352 e. The molecule has 1 aromatic heterocycles. The zero-order valence-corrected chi connectivity index (χ0v) is 13.1. The molecule has 2 rings (SSSR count). The van der Waals surface area contributed by atoms with Gasteiger partial charge in [-0.3, -0.25) is 4.79 Å². The van der Waals surface area contributed by atoms with Crippen LogP contribution in [-0.2, 0) is 0 Å². The van der Waals surface area contributed by atoms with E-state index in [1.54, 1.807) is 12.4 Å².